The molecule has 2 aliphatic rings. The summed E-state index contributed by atoms with van der Waals surface area (Å²) < 4.78 is 5.74. The molecule has 0 aromatic heterocycles. The highest BCUT2D eigenvalue weighted by Crippen LogP contribution is 2.30. The van der Waals surface area contributed by atoms with Crippen LogP contribution in [0.5, 0.6) is 5.75 Å². The first-order valence-electron chi connectivity index (χ1n) is 8.35. The molecule has 23 heavy (non-hydrogen) atoms. The highest BCUT2D eigenvalue weighted by Gasteiger charge is 2.29. The average Bonchev–Trinajstić information content (AvgIpc) is 2.67. The van der Waals surface area contributed by atoms with E-state index < -0.39 is 5.92 Å². The molecule has 1 unspecified atom stereocenters. The molecule has 0 aliphatic carbocycles. The molecular formula is C18H24N2O3. The molecule has 2 aliphatic heterocycles. The lowest BCUT2D eigenvalue weighted by Crippen LogP contribution is -2.40. The number of nitrogens with zero attached hydrogens (tertiary/aromatic N) is 1. The zero-order valence-corrected chi connectivity index (χ0v) is 13.8. The molecular weight excluding hydrogens is 292 g/mol. The number of carbonyl (C=O) groups is 2. The Morgan fingerprint density at radius 3 is 2.83 bits per heavy atom. The Labute approximate surface area is 137 Å². The van der Waals surface area contributed by atoms with Gasteiger partial charge in [0, 0.05) is 19.5 Å². The Hall–Kier alpha value is -2.04. The summed E-state index contributed by atoms with van der Waals surface area (Å²) in [5, 5.41) is 2.89. The first kappa shape index (κ1) is 15.8. The Morgan fingerprint density at radius 1 is 1.35 bits per heavy atom. The van der Waals surface area contributed by atoms with Crippen LogP contribution in [0.2, 0.25) is 0 Å². The lowest BCUT2D eigenvalue weighted by Gasteiger charge is -2.31. The van der Waals surface area contributed by atoms with Crippen LogP contribution in [0.4, 0.5) is 5.69 Å². The van der Waals surface area contributed by atoms with E-state index in [1.54, 1.807) is 0 Å². The van der Waals surface area contributed by atoms with Gasteiger partial charge in [-0.05, 0) is 43.4 Å². The summed E-state index contributed by atoms with van der Waals surface area (Å²) in [6.07, 6.45) is 2.31. The molecule has 5 nitrogen and oxygen atoms in total. The number of hydrogen-bond acceptors (Lipinski definition) is 3. The van der Waals surface area contributed by atoms with Gasteiger partial charge >= 0.3 is 0 Å². The van der Waals surface area contributed by atoms with Gasteiger partial charge in [-0.25, -0.2) is 0 Å². The maximum atomic E-state index is 12.4. The van der Waals surface area contributed by atoms with Gasteiger partial charge in [-0.15, -0.1) is 0 Å². The molecule has 124 valence electrons. The van der Waals surface area contributed by atoms with Crippen LogP contribution in [0.3, 0.4) is 0 Å². The summed E-state index contributed by atoms with van der Waals surface area (Å²) in [6.45, 7) is 6.03. The van der Waals surface area contributed by atoms with Crippen LogP contribution in [0.25, 0.3) is 0 Å². The SMILES string of the molecule is Cc1ccc2c(c1)NC(=O)C(CC(=O)N1CCC(C)CC1)CO2. The van der Waals surface area contributed by atoms with E-state index in [2.05, 4.69) is 12.2 Å². The largest absolute Gasteiger partial charge is 0.491 e. The third-order valence-electron chi connectivity index (χ3n) is 4.76. The van der Waals surface area contributed by atoms with Gasteiger partial charge < -0.3 is 15.0 Å². The zero-order valence-electron chi connectivity index (χ0n) is 13.8. The fourth-order valence-electron chi connectivity index (χ4n) is 3.12. The van der Waals surface area contributed by atoms with Gasteiger partial charge in [-0.3, -0.25) is 9.59 Å². The number of likely N-dealkylation sites (tertiary alicyclic amines) is 1. The van der Waals surface area contributed by atoms with Gasteiger partial charge in [-0.1, -0.05) is 13.0 Å². The second-order valence-corrected chi connectivity index (χ2v) is 6.76. The van der Waals surface area contributed by atoms with Crippen molar-refractivity contribution in [3.63, 3.8) is 0 Å². The van der Waals surface area contributed by atoms with E-state index in [4.69, 9.17) is 4.74 Å². The number of amides is 2. The first-order valence-corrected chi connectivity index (χ1v) is 8.35. The standard InChI is InChI=1S/C18H24N2O3/c1-12-5-7-20(8-6-12)17(21)10-14-11-23-16-4-3-13(2)9-15(16)19-18(14)22/h3-4,9,12,14H,5-8,10-11H2,1-2H3,(H,19,22). The van der Waals surface area contributed by atoms with Crippen LogP contribution in [0, 0.1) is 18.8 Å². The van der Waals surface area contributed by atoms with Crippen LogP contribution >= 0.6 is 0 Å². The Bertz CT molecular complexity index is 606. The summed E-state index contributed by atoms with van der Waals surface area (Å²) in [5.41, 5.74) is 1.75. The summed E-state index contributed by atoms with van der Waals surface area (Å²) in [4.78, 5) is 26.7. The second kappa shape index (κ2) is 6.60. The molecule has 0 saturated carbocycles. The van der Waals surface area contributed by atoms with Crippen molar-refractivity contribution in [2.24, 2.45) is 11.8 Å². The van der Waals surface area contributed by atoms with Gasteiger partial charge in [0.2, 0.25) is 11.8 Å². The Kier molecular flexibility index (Phi) is 4.55. The maximum Gasteiger partial charge on any atom is 0.231 e. The minimum absolute atomic E-state index is 0.0581. The van der Waals surface area contributed by atoms with Gasteiger partial charge in [0.05, 0.1) is 11.6 Å². The van der Waals surface area contributed by atoms with E-state index >= 15 is 0 Å². The number of nitrogens with one attached hydrogen (secondary N) is 1. The van der Waals surface area contributed by atoms with Crippen LogP contribution in [-0.4, -0.2) is 36.4 Å². The molecule has 2 heterocycles. The molecule has 1 saturated heterocycles. The summed E-state index contributed by atoms with van der Waals surface area (Å²) in [5.74, 6) is 0.845. The van der Waals surface area contributed by atoms with Gasteiger partial charge in [0.1, 0.15) is 12.4 Å². The fourth-order valence-corrected chi connectivity index (χ4v) is 3.12. The molecule has 1 aromatic rings. The summed E-state index contributed by atoms with van der Waals surface area (Å²) >= 11 is 0. The van der Waals surface area contributed by atoms with E-state index in [1.807, 2.05) is 30.0 Å². The van der Waals surface area contributed by atoms with Crippen molar-refractivity contribution in [2.75, 3.05) is 25.0 Å². The van der Waals surface area contributed by atoms with Crippen molar-refractivity contribution in [1.82, 2.24) is 4.90 Å². The number of aryl methyl sites for hydroxylation is 1. The number of ether oxygens (including phenoxy) is 1. The molecule has 0 bridgehead atoms. The van der Waals surface area contributed by atoms with E-state index in [-0.39, 0.29) is 24.8 Å². The molecule has 1 fully saturated rings. The molecule has 2 amide bonds. The van der Waals surface area contributed by atoms with Crippen LogP contribution < -0.4 is 10.1 Å². The monoisotopic (exact) mass is 316 g/mol. The fraction of sp³-hybridized carbons (Fsp3) is 0.556. The molecule has 1 N–H and O–H groups in total. The Morgan fingerprint density at radius 2 is 2.09 bits per heavy atom. The molecule has 0 spiro atoms. The van der Waals surface area contributed by atoms with E-state index in [0.717, 1.165) is 31.5 Å². The molecule has 0 radical (unpaired) electrons. The maximum absolute atomic E-state index is 12.4. The zero-order chi connectivity index (χ0) is 16.4. The average molecular weight is 316 g/mol. The summed E-state index contributed by atoms with van der Waals surface area (Å²) in [6, 6.07) is 5.70. The van der Waals surface area contributed by atoms with Crippen molar-refractivity contribution in [1.29, 1.82) is 0 Å². The molecule has 3 rings (SSSR count). The highest BCUT2D eigenvalue weighted by molar-refractivity contribution is 5.97. The smallest absolute Gasteiger partial charge is 0.231 e. The molecule has 1 atom stereocenters. The van der Waals surface area contributed by atoms with Crippen molar-refractivity contribution in [3.05, 3.63) is 23.8 Å². The van der Waals surface area contributed by atoms with Gasteiger partial charge in [0.15, 0.2) is 0 Å². The van der Waals surface area contributed by atoms with Crippen molar-refractivity contribution >= 4 is 17.5 Å². The number of rotatable bonds is 2. The highest BCUT2D eigenvalue weighted by atomic mass is 16.5. The second-order valence-electron chi connectivity index (χ2n) is 6.76. The topological polar surface area (TPSA) is 58.6 Å². The normalized spacial score (nSPS) is 21.9. The predicted molar refractivity (Wildman–Crippen MR) is 88.4 cm³/mol. The lowest BCUT2D eigenvalue weighted by molar-refractivity contribution is -0.136. The third kappa shape index (κ3) is 3.66. The minimum Gasteiger partial charge on any atom is -0.491 e. The van der Waals surface area contributed by atoms with Crippen molar-refractivity contribution in [3.8, 4) is 5.75 Å². The molecule has 1 aromatic carbocycles. The van der Waals surface area contributed by atoms with Crippen LogP contribution in [-0.2, 0) is 9.59 Å². The Balaban J connectivity index is 1.63. The van der Waals surface area contributed by atoms with E-state index in [0.29, 0.717) is 17.4 Å². The summed E-state index contributed by atoms with van der Waals surface area (Å²) in [7, 11) is 0. The predicted octanol–water partition coefficient (Wildman–Crippen LogP) is 2.59. The number of carbonyl (C=O) groups excluding carboxylic acids is 2. The van der Waals surface area contributed by atoms with Crippen molar-refractivity contribution < 1.29 is 14.3 Å². The number of anilines is 1. The first-order chi connectivity index (χ1) is 11.0. The molecule has 5 heteroatoms. The number of fused-ring (bicyclic) bond motifs is 1. The number of piperidine rings is 1. The lowest BCUT2D eigenvalue weighted by atomic mass is 9.98. The van der Waals surface area contributed by atoms with Gasteiger partial charge in [-0.2, -0.15) is 0 Å². The number of hydrogen-bond donors (Lipinski definition) is 1. The minimum atomic E-state index is -0.436. The van der Waals surface area contributed by atoms with E-state index in [1.165, 1.54) is 0 Å². The third-order valence-corrected chi connectivity index (χ3v) is 4.76. The number of benzene rings is 1. The van der Waals surface area contributed by atoms with Gasteiger partial charge in [0.25, 0.3) is 0 Å². The quantitative estimate of drug-likeness (QED) is 0.912. The van der Waals surface area contributed by atoms with E-state index in [9.17, 15) is 9.59 Å². The van der Waals surface area contributed by atoms with Crippen LogP contribution in [0.15, 0.2) is 18.2 Å². The van der Waals surface area contributed by atoms with Crippen LogP contribution in [0.1, 0.15) is 31.7 Å². The van der Waals surface area contributed by atoms with Crippen molar-refractivity contribution in [2.45, 2.75) is 33.1 Å².